The number of aryl methyl sites for hydroxylation is 2. The Morgan fingerprint density at radius 3 is 2.58 bits per heavy atom. The number of rotatable bonds is 7. The predicted octanol–water partition coefficient (Wildman–Crippen LogP) is 5.57. The summed E-state index contributed by atoms with van der Waals surface area (Å²) in [5, 5.41) is 8.69. The maximum atomic E-state index is 12.5. The van der Waals surface area contributed by atoms with Crippen molar-refractivity contribution in [2.24, 2.45) is 0 Å². The fourth-order valence-electron chi connectivity index (χ4n) is 3.85. The zero-order valence-corrected chi connectivity index (χ0v) is 20.3. The minimum absolute atomic E-state index is 0.0175. The van der Waals surface area contributed by atoms with Crippen LogP contribution in [0.5, 0.6) is 0 Å². The highest BCUT2D eigenvalue weighted by Gasteiger charge is 2.17. The third kappa shape index (κ3) is 5.18. The van der Waals surface area contributed by atoms with E-state index in [1.807, 2.05) is 32.0 Å². The van der Waals surface area contributed by atoms with E-state index in [9.17, 15) is 4.79 Å². The third-order valence-electron chi connectivity index (χ3n) is 5.80. The lowest BCUT2D eigenvalue weighted by molar-refractivity contribution is -0.121. The van der Waals surface area contributed by atoms with Crippen LogP contribution in [0.4, 0.5) is 0 Å². The minimum Gasteiger partial charge on any atom is -0.355 e. The van der Waals surface area contributed by atoms with Gasteiger partial charge in [-0.05, 0) is 55.5 Å². The largest absolute Gasteiger partial charge is 0.355 e. The number of carbonyl (C=O) groups is 1. The molecule has 0 spiro atoms. The van der Waals surface area contributed by atoms with Crippen LogP contribution in [0.15, 0.2) is 48.5 Å². The zero-order valence-electron chi connectivity index (χ0n) is 18.8. The van der Waals surface area contributed by atoms with Gasteiger partial charge in [0.05, 0.1) is 5.02 Å². The number of hydrogen-bond acceptors (Lipinski definition) is 4. The monoisotopic (exact) mass is 481 g/mol. The molecule has 0 unspecified atom stereocenters. The molecule has 33 heavy (non-hydrogen) atoms. The van der Waals surface area contributed by atoms with Crippen LogP contribution < -0.4 is 5.32 Å². The number of carbonyl (C=O) groups excluding carboxylic acids is 1. The van der Waals surface area contributed by atoms with E-state index in [1.54, 1.807) is 22.7 Å². The normalized spacial score (nSPS) is 12.2. The van der Waals surface area contributed by atoms with E-state index in [-0.39, 0.29) is 11.8 Å². The average molecular weight is 482 g/mol. The minimum atomic E-state index is 0.0175. The molecule has 0 saturated heterocycles. The summed E-state index contributed by atoms with van der Waals surface area (Å²) in [6, 6.07) is 15.4. The van der Waals surface area contributed by atoms with E-state index >= 15 is 0 Å². The second-order valence-electron chi connectivity index (χ2n) is 8.15. The number of halogens is 2. The van der Waals surface area contributed by atoms with Gasteiger partial charge < -0.3 is 5.32 Å². The van der Waals surface area contributed by atoms with Crippen LogP contribution in [0.1, 0.15) is 41.8 Å². The topological polar surface area (TPSA) is 72.2 Å². The second kappa shape index (κ2) is 9.89. The van der Waals surface area contributed by atoms with E-state index in [0.717, 1.165) is 17.0 Å². The summed E-state index contributed by atoms with van der Waals surface area (Å²) < 4.78 is 1.71. The first-order chi connectivity index (χ1) is 15.8. The molecule has 4 rings (SSSR count). The highest BCUT2D eigenvalue weighted by Crippen LogP contribution is 2.29. The van der Waals surface area contributed by atoms with Gasteiger partial charge in [-0.3, -0.25) is 4.79 Å². The molecule has 0 aliphatic heterocycles. The smallest absolute Gasteiger partial charge is 0.253 e. The van der Waals surface area contributed by atoms with Crippen molar-refractivity contribution in [3.63, 3.8) is 0 Å². The number of fused-ring (bicyclic) bond motifs is 1. The maximum absolute atomic E-state index is 12.5. The molecule has 0 radical (unpaired) electrons. The number of benzene rings is 2. The molecule has 0 bridgehead atoms. The van der Waals surface area contributed by atoms with Crippen LogP contribution in [-0.2, 0) is 11.2 Å². The van der Waals surface area contributed by atoms with E-state index in [1.165, 1.54) is 5.56 Å². The summed E-state index contributed by atoms with van der Waals surface area (Å²) in [5.74, 6) is 1.25. The van der Waals surface area contributed by atoms with Gasteiger partial charge in [-0.15, -0.1) is 5.10 Å². The van der Waals surface area contributed by atoms with Gasteiger partial charge in [0.15, 0.2) is 5.82 Å². The van der Waals surface area contributed by atoms with Crippen LogP contribution in [0, 0.1) is 13.8 Å². The SMILES string of the molecule is Cc1nc2nc(-c3ccc(Cl)cc3Cl)nn2c(C)c1CCC(=O)NC[C@H](C)c1ccccc1. The van der Waals surface area contributed by atoms with Crippen LogP contribution in [0.25, 0.3) is 17.2 Å². The molecular formula is C25H25Cl2N5O. The van der Waals surface area contributed by atoms with Gasteiger partial charge in [-0.2, -0.15) is 4.98 Å². The Bertz CT molecular complexity index is 1300. The van der Waals surface area contributed by atoms with E-state index < -0.39 is 0 Å². The molecule has 1 amide bonds. The fourth-order valence-corrected chi connectivity index (χ4v) is 4.34. The zero-order chi connectivity index (χ0) is 23.5. The van der Waals surface area contributed by atoms with Crippen molar-refractivity contribution in [1.29, 1.82) is 0 Å². The Labute approximate surface area is 203 Å². The molecule has 2 aromatic heterocycles. The Morgan fingerprint density at radius 1 is 1.09 bits per heavy atom. The van der Waals surface area contributed by atoms with Crippen molar-refractivity contribution in [3.8, 4) is 11.4 Å². The molecule has 0 aliphatic carbocycles. The second-order valence-corrected chi connectivity index (χ2v) is 8.99. The van der Waals surface area contributed by atoms with Crippen molar-refractivity contribution in [2.75, 3.05) is 6.54 Å². The van der Waals surface area contributed by atoms with E-state index in [4.69, 9.17) is 23.2 Å². The van der Waals surface area contributed by atoms with Gasteiger partial charge in [-0.1, -0.05) is 60.5 Å². The summed E-state index contributed by atoms with van der Waals surface area (Å²) in [6.07, 6.45) is 0.948. The first-order valence-electron chi connectivity index (χ1n) is 10.8. The van der Waals surface area contributed by atoms with Gasteiger partial charge >= 0.3 is 0 Å². The first kappa shape index (κ1) is 23.2. The molecule has 0 aliphatic rings. The summed E-state index contributed by atoms with van der Waals surface area (Å²) in [7, 11) is 0. The van der Waals surface area contributed by atoms with Gasteiger partial charge in [0, 0.05) is 34.9 Å². The Kier molecular flexibility index (Phi) is 6.96. The first-order valence-corrected chi connectivity index (χ1v) is 11.6. The molecule has 2 heterocycles. The fraction of sp³-hybridized carbons (Fsp3) is 0.280. The van der Waals surface area contributed by atoms with E-state index in [0.29, 0.717) is 46.6 Å². The van der Waals surface area contributed by atoms with Crippen LogP contribution in [0.3, 0.4) is 0 Å². The lowest BCUT2D eigenvalue weighted by Gasteiger charge is -2.14. The van der Waals surface area contributed by atoms with E-state index in [2.05, 4.69) is 39.4 Å². The summed E-state index contributed by atoms with van der Waals surface area (Å²) in [6.45, 7) is 6.61. The molecule has 4 aromatic rings. The summed E-state index contributed by atoms with van der Waals surface area (Å²) >= 11 is 12.3. The highest BCUT2D eigenvalue weighted by atomic mass is 35.5. The Balaban J connectivity index is 1.47. The van der Waals surface area contributed by atoms with Crippen molar-refractivity contribution < 1.29 is 4.79 Å². The molecule has 1 N–H and O–H groups in total. The maximum Gasteiger partial charge on any atom is 0.253 e. The Morgan fingerprint density at radius 2 is 1.85 bits per heavy atom. The van der Waals surface area contributed by atoms with Crippen molar-refractivity contribution in [1.82, 2.24) is 24.9 Å². The number of nitrogens with zero attached hydrogens (tertiary/aromatic N) is 4. The molecule has 2 aromatic carbocycles. The average Bonchev–Trinajstić information content (AvgIpc) is 3.21. The number of aromatic nitrogens is 4. The van der Waals surface area contributed by atoms with Crippen LogP contribution in [0.2, 0.25) is 10.0 Å². The summed E-state index contributed by atoms with van der Waals surface area (Å²) in [4.78, 5) is 21.7. The number of amides is 1. The molecule has 8 heteroatoms. The standard InChI is InChI=1S/C25H25Cl2N5O/c1-15(18-7-5-4-6-8-18)14-28-23(33)12-11-20-16(2)29-25-30-24(31-32(25)17(20)3)21-10-9-19(26)13-22(21)27/h4-10,13,15H,11-12,14H2,1-3H3,(H,28,33)/t15-/m0/s1. The molecule has 0 saturated carbocycles. The van der Waals surface area contributed by atoms with Crippen molar-refractivity contribution in [2.45, 2.75) is 39.5 Å². The lowest BCUT2D eigenvalue weighted by Crippen LogP contribution is -2.27. The third-order valence-corrected chi connectivity index (χ3v) is 6.34. The predicted molar refractivity (Wildman–Crippen MR) is 132 cm³/mol. The van der Waals surface area contributed by atoms with Gasteiger partial charge in [0.2, 0.25) is 5.91 Å². The molecule has 0 fully saturated rings. The quantitative estimate of drug-likeness (QED) is 0.374. The van der Waals surface area contributed by atoms with Gasteiger partial charge in [-0.25, -0.2) is 9.50 Å². The highest BCUT2D eigenvalue weighted by molar-refractivity contribution is 6.36. The lowest BCUT2D eigenvalue weighted by atomic mass is 10.0. The Hall–Kier alpha value is -2.96. The van der Waals surface area contributed by atoms with Crippen molar-refractivity contribution >= 4 is 34.9 Å². The number of nitrogens with one attached hydrogen (secondary N) is 1. The van der Waals surface area contributed by atoms with Crippen LogP contribution in [-0.4, -0.2) is 32.0 Å². The molecule has 6 nitrogen and oxygen atoms in total. The molecule has 1 atom stereocenters. The van der Waals surface area contributed by atoms with Gasteiger partial charge in [0.1, 0.15) is 0 Å². The number of hydrogen-bond donors (Lipinski definition) is 1. The van der Waals surface area contributed by atoms with Crippen LogP contribution >= 0.6 is 23.2 Å². The van der Waals surface area contributed by atoms with Crippen molar-refractivity contribution in [3.05, 3.63) is 81.1 Å². The summed E-state index contributed by atoms with van der Waals surface area (Å²) in [5.41, 5.74) is 4.64. The molecule has 170 valence electrons. The molecular weight excluding hydrogens is 457 g/mol. The van der Waals surface area contributed by atoms with Gasteiger partial charge in [0.25, 0.3) is 5.78 Å².